The standard InChI is InChI=1S/C12H26BS/c1-9(8-14)7-12(4,5)10(2)11(3)13-6/h9-11,14H,7-8H2,1-6H3. The Hall–Kier alpha value is 0.415. The van der Waals surface area contributed by atoms with Crippen molar-refractivity contribution in [3.05, 3.63) is 0 Å². The summed E-state index contributed by atoms with van der Waals surface area (Å²) in [5.41, 5.74) is 0.425. The molecule has 2 heteroatoms. The lowest BCUT2D eigenvalue weighted by Gasteiger charge is -2.37. The number of hydrogen-bond acceptors (Lipinski definition) is 1. The molecule has 0 amide bonds. The van der Waals surface area contributed by atoms with Crippen LogP contribution in [0.2, 0.25) is 12.6 Å². The van der Waals surface area contributed by atoms with Crippen LogP contribution < -0.4 is 0 Å². The molecule has 0 aliphatic rings. The molecule has 0 aromatic heterocycles. The maximum absolute atomic E-state index is 4.36. The summed E-state index contributed by atoms with van der Waals surface area (Å²) < 4.78 is 0. The van der Waals surface area contributed by atoms with Gasteiger partial charge in [0, 0.05) is 0 Å². The number of rotatable bonds is 6. The van der Waals surface area contributed by atoms with Crippen molar-refractivity contribution in [1.29, 1.82) is 0 Å². The normalized spacial score (nSPS) is 18.8. The van der Waals surface area contributed by atoms with Crippen molar-refractivity contribution in [2.24, 2.45) is 17.3 Å². The lowest BCUT2D eigenvalue weighted by atomic mass is 9.56. The summed E-state index contributed by atoms with van der Waals surface area (Å²) in [6.07, 6.45) is 1.27. The molecule has 0 N–H and O–H groups in total. The van der Waals surface area contributed by atoms with E-state index in [1.54, 1.807) is 0 Å². The summed E-state index contributed by atoms with van der Waals surface area (Å²) in [4.78, 5) is 0. The lowest BCUT2D eigenvalue weighted by molar-refractivity contribution is 0.181. The van der Waals surface area contributed by atoms with E-state index in [0.717, 1.165) is 17.6 Å². The average molecular weight is 213 g/mol. The van der Waals surface area contributed by atoms with Gasteiger partial charge in [-0.25, -0.2) is 0 Å². The molecular formula is C12H26BS. The van der Waals surface area contributed by atoms with E-state index in [1.165, 1.54) is 6.42 Å². The molecule has 0 nitrogen and oxygen atoms in total. The Kier molecular flexibility index (Phi) is 6.28. The first-order valence-corrected chi connectivity index (χ1v) is 6.38. The van der Waals surface area contributed by atoms with Gasteiger partial charge >= 0.3 is 0 Å². The van der Waals surface area contributed by atoms with Crippen molar-refractivity contribution in [3.8, 4) is 0 Å². The van der Waals surface area contributed by atoms with Crippen molar-refractivity contribution >= 4 is 19.9 Å². The molecule has 0 spiro atoms. The van der Waals surface area contributed by atoms with Gasteiger partial charge in [-0.05, 0) is 29.4 Å². The molecule has 0 rings (SSSR count). The van der Waals surface area contributed by atoms with Crippen LogP contribution in [0.5, 0.6) is 0 Å². The summed E-state index contributed by atoms with van der Waals surface area (Å²) in [7, 11) is 2.32. The molecule has 0 aromatic rings. The van der Waals surface area contributed by atoms with Crippen molar-refractivity contribution in [2.75, 3.05) is 5.75 Å². The third-order valence-corrected chi connectivity index (χ3v) is 4.36. The van der Waals surface area contributed by atoms with Crippen LogP contribution in [0.25, 0.3) is 0 Å². The van der Waals surface area contributed by atoms with E-state index < -0.39 is 0 Å². The molecule has 0 aliphatic heterocycles. The Morgan fingerprint density at radius 2 is 1.71 bits per heavy atom. The van der Waals surface area contributed by atoms with Crippen LogP contribution in [-0.4, -0.2) is 13.0 Å². The predicted molar refractivity (Wildman–Crippen MR) is 71.6 cm³/mol. The van der Waals surface area contributed by atoms with Crippen LogP contribution in [0.3, 0.4) is 0 Å². The zero-order valence-corrected chi connectivity index (χ0v) is 11.6. The third-order valence-electron chi connectivity index (χ3n) is 3.73. The van der Waals surface area contributed by atoms with Gasteiger partial charge in [0.05, 0.1) is 0 Å². The molecule has 83 valence electrons. The van der Waals surface area contributed by atoms with Gasteiger partial charge in [-0.3, -0.25) is 0 Å². The van der Waals surface area contributed by atoms with E-state index >= 15 is 0 Å². The Balaban J connectivity index is 4.28. The van der Waals surface area contributed by atoms with Crippen molar-refractivity contribution in [3.63, 3.8) is 0 Å². The van der Waals surface area contributed by atoms with Gasteiger partial charge in [0.15, 0.2) is 0 Å². The quantitative estimate of drug-likeness (QED) is 0.497. The monoisotopic (exact) mass is 213 g/mol. The smallest absolute Gasteiger partial charge is 0.110 e. The first kappa shape index (κ1) is 14.4. The van der Waals surface area contributed by atoms with Gasteiger partial charge < -0.3 is 0 Å². The molecule has 0 heterocycles. The fraction of sp³-hybridized carbons (Fsp3) is 1.00. The first-order valence-electron chi connectivity index (χ1n) is 5.75. The van der Waals surface area contributed by atoms with Crippen LogP contribution in [0.1, 0.15) is 41.0 Å². The van der Waals surface area contributed by atoms with Gasteiger partial charge in [0.1, 0.15) is 7.28 Å². The Morgan fingerprint density at radius 1 is 1.21 bits per heavy atom. The minimum absolute atomic E-state index is 0.425. The fourth-order valence-corrected chi connectivity index (χ4v) is 2.28. The molecule has 0 saturated heterocycles. The largest absolute Gasteiger partial charge is 0.179 e. The Morgan fingerprint density at radius 3 is 2.07 bits per heavy atom. The van der Waals surface area contributed by atoms with Gasteiger partial charge in [0.2, 0.25) is 0 Å². The highest BCUT2D eigenvalue weighted by molar-refractivity contribution is 7.80. The highest BCUT2D eigenvalue weighted by Crippen LogP contribution is 2.40. The van der Waals surface area contributed by atoms with Crippen molar-refractivity contribution in [1.82, 2.24) is 0 Å². The molecule has 0 fully saturated rings. The minimum atomic E-state index is 0.425. The summed E-state index contributed by atoms with van der Waals surface area (Å²) in [6.45, 7) is 13.9. The van der Waals surface area contributed by atoms with Gasteiger partial charge in [-0.15, -0.1) is 0 Å². The minimum Gasteiger partial charge on any atom is -0.179 e. The van der Waals surface area contributed by atoms with Crippen LogP contribution in [-0.2, 0) is 0 Å². The summed E-state index contributed by atoms with van der Waals surface area (Å²) in [5.74, 6) is 3.17. The maximum atomic E-state index is 4.36. The lowest BCUT2D eigenvalue weighted by Crippen LogP contribution is -2.28. The van der Waals surface area contributed by atoms with Crippen LogP contribution in [0.15, 0.2) is 0 Å². The zero-order chi connectivity index (χ0) is 11.4. The molecule has 0 aliphatic carbocycles. The van der Waals surface area contributed by atoms with Gasteiger partial charge in [-0.2, -0.15) is 12.6 Å². The molecule has 1 radical (unpaired) electrons. The van der Waals surface area contributed by atoms with E-state index in [-0.39, 0.29) is 0 Å². The molecule has 0 aromatic carbocycles. The molecule has 0 saturated carbocycles. The average Bonchev–Trinajstić information content (AvgIpc) is 2.14. The highest BCUT2D eigenvalue weighted by Gasteiger charge is 2.30. The van der Waals surface area contributed by atoms with E-state index in [0.29, 0.717) is 11.2 Å². The van der Waals surface area contributed by atoms with Gasteiger partial charge in [-0.1, -0.05) is 47.3 Å². The van der Waals surface area contributed by atoms with E-state index in [2.05, 4.69) is 61.4 Å². The predicted octanol–water partition coefficient (Wildman–Crippen LogP) is 4.17. The maximum Gasteiger partial charge on any atom is 0.110 e. The van der Waals surface area contributed by atoms with E-state index in [4.69, 9.17) is 0 Å². The Bertz CT molecular complexity index is 156. The van der Waals surface area contributed by atoms with Crippen molar-refractivity contribution < 1.29 is 0 Å². The summed E-state index contributed by atoms with van der Waals surface area (Å²) >= 11 is 4.36. The van der Waals surface area contributed by atoms with Crippen LogP contribution in [0, 0.1) is 17.3 Å². The molecular weight excluding hydrogens is 187 g/mol. The summed E-state index contributed by atoms with van der Waals surface area (Å²) in [6, 6.07) is 0. The molecule has 0 bridgehead atoms. The molecule has 14 heavy (non-hydrogen) atoms. The first-order chi connectivity index (χ1) is 6.35. The Labute approximate surface area is 96.9 Å². The van der Waals surface area contributed by atoms with E-state index in [9.17, 15) is 0 Å². The number of thiol groups is 1. The fourth-order valence-electron chi connectivity index (χ4n) is 2.15. The van der Waals surface area contributed by atoms with Crippen LogP contribution in [0.4, 0.5) is 0 Å². The topological polar surface area (TPSA) is 0 Å². The summed E-state index contributed by atoms with van der Waals surface area (Å²) in [5, 5.41) is 0. The second kappa shape index (κ2) is 6.10. The second-order valence-electron chi connectivity index (χ2n) is 5.46. The van der Waals surface area contributed by atoms with Gasteiger partial charge in [0.25, 0.3) is 0 Å². The zero-order valence-electron chi connectivity index (χ0n) is 10.7. The van der Waals surface area contributed by atoms with Crippen LogP contribution >= 0.6 is 12.6 Å². The highest BCUT2D eigenvalue weighted by atomic mass is 32.1. The van der Waals surface area contributed by atoms with Crippen molar-refractivity contribution in [2.45, 2.75) is 53.7 Å². The SMILES string of the molecule is C[B]C(C)C(C)C(C)(C)CC(C)CS. The number of hydrogen-bond donors (Lipinski definition) is 1. The molecule has 3 unspecified atom stereocenters. The third kappa shape index (κ3) is 4.29. The van der Waals surface area contributed by atoms with E-state index in [1.807, 2.05) is 0 Å². The second-order valence-corrected chi connectivity index (χ2v) is 5.83. The molecule has 3 atom stereocenters.